The van der Waals surface area contributed by atoms with E-state index in [1.54, 1.807) is 12.1 Å². The van der Waals surface area contributed by atoms with Gasteiger partial charge in [0, 0.05) is 6.08 Å². The fraction of sp³-hybridized carbons (Fsp3) is 0.375. The molecule has 0 aromatic heterocycles. The van der Waals surface area contributed by atoms with Crippen LogP contribution in [0.5, 0.6) is 23.0 Å². The van der Waals surface area contributed by atoms with Crippen LogP contribution >= 0.6 is 0 Å². The van der Waals surface area contributed by atoms with Crippen LogP contribution in [-0.2, 0) is 25.4 Å². The molecule has 2 aromatic carbocycles. The molecule has 0 saturated carbocycles. The van der Waals surface area contributed by atoms with Crippen LogP contribution in [0.1, 0.15) is 11.1 Å². The van der Waals surface area contributed by atoms with Gasteiger partial charge in [0.25, 0.3) is 0 Å². The highest BCUT2D eigenvalue weighted by atomic mass is 16.7. The highest BCUT2D eigenvalue weighted by Crippen LogP contribution is 2.28. The Morgan fingerprint density at radius 2 is 1.77 bits per heavy atom. The zero-order valence-corrected chi connectivity index (χ0v) is 18.9. The zero-order chi connectivity index (χ0) is 25.5. The number of hydrogen-bond donors (Lipinski definition) is 6. The summed E-state index contributed by atoms with van der Waals surface area (Å²) in [6.07, 6.45) is -4.23. The van der Waals surface area contributed by atoms with Gasteiger partial charge in [-0.25, -0.2) is 4.79 Å². The Kier molecular flexibility index (Phi) is 8.90. The molecule has 0 amide bonds. The molecular formula is C24H28O11. The molecule has 5 atom stereocenters. The van der Waals surface area contributed by atoms with Crippen molar-refractivity contribution in [1.82, 2.24) is 0 Å². The van der Waals surface area contributed by atoms with Crippen molar-refractivity contribution in [3.8, 4) is 23.0 Å². The molecule has 0 unspecified atom stereocenters. The lowest BCUT2D eigenvalue weighted by Crippen LogP contribution is -2.60. The Labute approximate surface area is 201 Å². The number of aromatic hydroxyl groups is 3. The average Bonchev–Trinajstić information content (AvgIpc) is 2.85. The number of phenols is 3. The van der Waals surface area contributed by atoms with Crippen molar-refractivity contribution in [1.29, 1.82) is 0 Å². The SMILES string of the molecule is COc1cc(C=CC(=O)O[C@@H]2[C@H](O)[C@H](O)[C@@H](OCCc3ccc(O)c(O)c3)O[C@@H]2CO)ccc1O. The number of ether oxygens (including phenoxy) is 4. The van der Waals surface area contributed by atoms with Gasteiger partial charge in [0.15, 0.2) is 35.4 Å². The molecular weight excluding hydrogens is 464 g/mol. The minimum atomic E-state index is -1.60. The Bertz CT molecular complexity index is 1040. The van der Waals surface area contributed by atoms with Crippen molar-refractivity contribution in [3.05, 3.63) is 53.6 Å². The van der Waals surface area contributed by atoms with Gasteiger partial charge in [0.1, 0.15) is 18.3 Å². The summed E-state index contributed by atoms with van der Waals surface area (Å²) in [5, 5.41) is 59.1. The molecule has 11 heteroatoms. The van der Waals surface area contributed by atoms with Gasteiger partial charge in [-0.2, -0.15) is 0 Å². The number of benzene rings is 2. The fourth-order valence-electron chi connectivity index (χ4n) is 3.49. The molecule has 1 saturated heterocycles. The summed E-state index contributed by atoms with van der Waals surface area (Å²) in [5.41, 5.74) is 1.18. The van der Waals surface area contributed by atoms with Crippen LogP contribution in [0.15, 0.2) is 42.5 Å². The first kappa shape index (κ1) is 26.3. The minimum Gasteiger partial charge on any atom is -0.504 e. The zero-order valence-electron chi connectivity index (χ0n) is 18.9. The number of esters is 1. The van der Waals surface area contributed by atoms with Gasteiger partial charge >= 0.3 is 5.97 Å². The number of aliphatic hydroxyl groups excluding tert-OH is 3. The largest absolute Gasteiger partial charge is 0.504 e. The van der Waals surface area contributed by atoms with E-state index in [1.807, 2.05) is 0 Å². The predicted molar refractivity (Wildman–Crippen MR) is 121 cm³/mol. The summed E-state index contributed by atoms with van der Waals surface area (Å²) in [6.45, 7) is -0.591. The third-order valence-corrected chi connectivity index (χ3v) is 5.40. The molecule has 0 radical (unpaired) electrons. The summed E-state index contributed by atoms with van der Waals surface area (Å²) in [5.74, 6) is -1.24. The van der Waals surface area contributed by atoms with Crippen LogP contribution in [0.4, 0.5) is 0 Å². The number of carbonyl (C=O) groups is 1. The lowest BCUT2D eigenvalue weighted by molar-refractivity contribution is -0.302. The molecule has 2 aromatic rings. The Hall–Kier alpha value is -3.35. The van der Waals surface area contributed by atoms with E-state index in [0.29, 0.717) is 17.5 Å². The number of phenolic OH excluding ortho intramolecular Hbond substituents is 3. The van der Waals surface area contributed by atoms with Crippen molar-refractivity contribution in [3.63, 3.8) is 0 Å². The average molecular weight is 492 g/mol. The lowest BCUT2D eigenvalue weighted by atomic mass is 9.99. The topological polar surface area (TPSA) is 175 Å². The Balaban J connectivity index is 1.57. The van der Waals surface area contributed by atoms with E-state index < -0.39 is 43.3 Å². The van der Waals surface area contributed by atoms with Crippen LogP contribution in [0.25, 0.3) is 6.08 Å². The highest BCUT2D eigenvalue weighted by molar-refractivity contribution is 5.87. The summed E-state index contributed by atoms with van der Waals surface area (Å²) in [7, 11) is 1.39. The van der Waals surface area contributed by atoms with Gasteiger partial charge in [0.2, 0.25) is 0 Å². The first-order valence-electron chi connectivity index (χ1n) is 10.7. The third-order valence-electron chi connectivity index (χ3n) is 5.40. The number of methoxy groups -OCH3 is 1. The molecule has 0 aliphatic carbocycles. The fourth-order valence-corrected chi connectivity index (χ4v) is 3.49. The van der Waals surface area contributed by atoms with Gasteiger partial charge in [-0.1, -0.05) is 12.1 Å². The third kappa shape index (κ3) is 6.62. The van der Waals surface area contributed by atoms with E-state index in [4.69, 9.17) is 18.9 Å². The number of hydrogen-bond acceptors (Lipinski definition) is 11. The number of carbonyl (C=O) groups excluding carboxylic acids is 1. The molecule has 3 rings (SSSR count). The van der Waals surface area contributed by atoms with Gasteiger partial charge in [-0.3, -0.25) is 0 Å². The number of rotatable bonds is 9. The number of aliphatic hydroxyl groups is 3. The molecule has 6 N–H and O–H groups in total. The minimum absolute atomic E-state index is 0.0279. The smallest absolute Gasteiger partial charge is 0.331 e. The first-order valence-corrected chi connectivity index (χ1v) is 10.7. The van der Waals surface area contributed by atoms with Gasteiger partial charge in [-0.15, -0.1) is 0 Å². The van der Waals surface area contributed by atoms with E-state index >= 15 is 0 Å². The second kappa shape index (κ2) is 11.9. The normalized spacial score (nSPS) is 24.4. The van der Waals surface area contributed by atoms with Crippen LogP contribution < -0.4 is 4.74 Å². The molecule has 0 bridgehead atoms. The van der Waals surface area contributed by atoms with E-state index in [0.717, 1.165) is 6.08 Å². The molecule has 0 spiro atoms. The molecule has 1 aliphatic rings. The van der Waals surface area contributed by atoms with Gasteiger partial charge in [-0.05, 0) is 47.9 Å². The van der Waals surface area contributed by atoms with Crippen LogP contribution in [-0.4, -0.2) is 87.6 Å². The van der Waals surface area contributed by atoms with E-state index in [2.05, 4.69) is 0 Å². The molecule has 1 heterocycles. The van der Waals surface area contributed by atoms with Crippen LogP contribution in [0, 0.1) is 0 Å². The predicted octanol–water partition coefficient (Wildman–Crippen LogP) is 0.435. The van der Waals surface area contributed by atoms with Crippen molar-refractivity contribution in [2.24, 2.45) is 0 Å². The molecule has 1 aliphatic heterocycles. The Morgan fingerprint density at radius 1 is 1.03 bits per heavy atom. The standard InChI is InChI=1S/C24H28O11/c1-32-18-11-13(3-6-16(18)27)4-7-20(29)35-23-19(12-25)34-24(22(31)21(23)30)33-9-8-14-2-5-15(26)17(28)10-14/h2-7,10-11,19,21-28,30-31H,8-9,12H2,1H3/t19-,21-,22+,23+,24+/m1/s1. The summed E-state index contributed by atoms with van der Waals surface area (Å²) in [4.78, 5) is 12.3. The van der Waals surface area contributed by atoms with Crippen molar-refractivity contribution in [2.75, 3.05) is 20.3 Å². The first-order chi connectivity index (χ1) is 16.7. The quantitative estimate of drug-likeness (QED) is 0.163. The maximum Gasteiger partial charge on any atom is 0.331 e. The van der Waals surface area contributed by atoms with Gasteiger partial charge < -0.3 is 49.6 Å². The Morgan fingerprint density at radius 3 is 2.46 bits per heavy atom. The van der Waals surface area contributed by atoms with Crippen LogP contribution in [0.2, 0.25) is 0 Å². The second-order valence-corrected chi connectivity index (χ2v) is 7.82. The van der Waals surface area contributed by atoms with E-state index in [9.17, 15) is 35.4 Å². The van der Waals surface area contributed by atoms with Crippen molar-refractivity contribution < 1.29 is 54.4 Å². The maximum absolute atomic E-state index is 12.3. The monoisotopic (exact) mass is 492 g/mol. The maximum atomic E-state index is 12.3. The van der Waals surface area contributed by atoms with Crippen molar-refractivity contribution in [2.45, 2.75) is 37.1 Å². The second-order valence-electron chi connectivity index (χ2n) is 7.82. The molecule has 11 nitrogen and oxygen atoms in total. The molecule has 190 valence electrons. The molecule has 1 fully saturated rings. The summed E-state index contributed by atoms with van der Waals surface area (Å²) >= 11 is 0. The van der Waals surface area contributed by atoms with E-state index in [-0.39, 0.29) is 29.6 Å². The lowest BCUT2D eigenvalue weighted by Gasteiger charge is -2.41. The summed E-state index contributed by atoms with van der Waals surface area (Å²) in [6, 6.07) is 8.71. The van der Waals surface area contributed by atoms with Crippen molar-refractivity contribution >= 4 is 12.0 Å². The highest BCUT2D eigenvalue weighted by Gasteiger charge is 2.46. The molecule has 35 heavy (non-hydrogen) atoms. The van der Waals surface area contributed by atoms with Gasteiger partial charge in [0.05, 0.1) is 20.3 Å². The van der Waals surface area contributed by atoms with E-state index in [1.165, 1.54) is 37.5 Å². The van der Waals surface area contributed by atoms with Crippen LogP contribution in [0.3, 0.4) is 0 Å². The summed E-state index contributed by atoms with van der Waals surface area (Å²) < 4.78 is 21.2.